The second-order valence-electron chi connectivity index (χ2n) is 8.87. The number of fused-ring (bicyclic) bond motifs is 4. The predicted octanol–water partition coefficient (Wildman–Crippen LogP) is 9.60. The lowest BCUT2D eigenvalue weighted by Crippen LogP contribution is -1.83. The second kappa shape index (κ2) is 8.19. The zero-order valence-corrected chi connectivity index (χ0v) is 19.8. The summed E-state index contributed by atoms with van der Waals surface area (Å²) in [6, 6.07) is 45.7. The van der Waals surface area contributed by atoms with Crippen LogP contribution in [0.4, 0.5) is 0 Å². The molecule has 0 saturated heterocycles. The van der Waals surface area contributed by atoms with E-state index in [4.69, 9.17) is 4.98 Å². The quantitative estimate of drug-likeness (QED) is 0.238. The highest BCUT2D eigenvalue weighted by Crippen LogP contribution is 2.34. The third-order valence-corrected chi connectivity index (χ3v) is 7.79. The molecule has 0 amide bonds. The fraction of sp³-hybridized carbons (Fsp3) is 0. The molecule has 0 saturated carbocycles. The van der Waals surface area contributed by atoms with Crippen LogP contribution in [-0.4, -0.2) is 4.98 Å². The topological polar surface area (TPSA) is 12.9 Å². The van der Waals surface area contributed by atoms with E-state index in [9.17, 15) is 0 Å². The Kier molecular flexibility index (Phi) is 4.71. The number of nitrogens with zero attached hydrogens (tertiary/aromatic N) is 1. The van der Waals surface area contributed by atoms with Gasteiger partial charge in [-0.25, -0.2) is 4.98 Å². The minimum Gasteiger partial charge on any atom is -0.236 e. The Hall–Kier alpha value is -4.27. The first-order valence-corrected chi connectivity index (χ1v) is 12.6. The van der Waals surface area contributed by atoms with Crippen molar-refractivity contribution in [3.63, 3.8) is 0 Å². The Labute approximate surface area is 208 Å². The minimum atomic E-state index is 1.05. The van der Waals surface area contributed by atoms with E-state index in [-0.39, 0.29) is 0 Å². The van der Waals surface area contributed by atoms with E-state index in [2.05, 4.69) is 121 Å². The van der Waals surface area contributed by atoms with Crippen molar-refractivity contribution in [2.45, 2.75) is 0 Å². The van der Waals surface area contributed by atoms with Gasteiger partial charge >= 0.3 is 0 Å². The third-order valence-electron chi connectivity index (χ3n) is 6.71. The fourth-order valence-corrected chi connectivity index (χ4v) is 5.80. The summed E-state index contributed by atoms with van der Waals surface area (Å²) in [5.41, 5.74) is 7.08. The molecule has 0 bridgehead atoms. The van der Waals surface area contributed by atoms with E-state index in [1.54, 1.807) is 11.3 Å². The van der Waals surface area contributed by atoms with E-state index >= 15 is 0 Å². The maximum atomic E-state index is 4.91. The lowest BCUT2D eigenvalue weighted by molar-refractivity contribution is 1.47. The average Bonchev–Trinajstić information content (AvgIpc) is 3.37. The van der Waals surface area contributed by atoms with Crippen LogP contribution < -0.4 is 0 Å². The molecule has 35 heavy (non-hydrogen) atoms. The number of rotatable bonds is 3. The Morgan fingerprint density at radius 3 is 1.83 bits per heavy atom. The maximum absolute atomic E-state index is 4.91. The molecule has 0 radical (unpaired) electrons. The van der Waals surface area contributed by atoms with Crippen LogP contribution in [0.1, 0.15) is 0 Å². The molecule has 7 rings (SSSR count). The first-order valence-electron chi connectivity index (χ1n) is 11.8. The summed E-state index contributed by atoms with van der Waals surface area (Å²) in [7, 11) is 0. The van der Waals surface area contributed by atoms with Crippen molar-refractivity contribution in [1.29, 1.82) is 0 Å². The fourth-order valence-electron chi connectivity index (χ4n) is 4.85. The summed E-state index contributed by atoms with van der Waals surface area (Å²) in [5.74, 6) is 0. The summed E-state index contributed by atoms with van der Waals surface area (Å²) < 4.78 is 1.22. The standard InChI is InChI=1S/C33H21NS/c1-2-7-26(8-3-1)33-34-31-21-28(18-19-32(31)35-33)23-12-10-22(11-13-23)27-17-16-25-15-14-24-6-4-5-9-29(24)30(25)20-27/h1-21H. The molecule has 2 heteroatoms. The molecule has 1 aromatic heterocycles. The van der Waals surface area contributed by atoms with Gasteiger partial charge in [-0.2, -0.15) is 0 Å². The van der Waals surface area contributed by atoms with E-state index in [1.807, 2.05) is 6.07 Å². The van der Waals surface area contributed by atoms with E-state index in [0.717, 1.165) is 10.5 Å². The molecule has 0 aliphatic rings. The number of benzene rings is 6. The Bertz CT molecular complexity index is 1830. The van der Waals surface area contributed by atoms with Gasteiger partial charge in [0, 0.05) is 5.56 Å². The minimum absolute atomic E-state index is 1.05. The van der Waals surface area contributed by atoms with Crippen LogP contribution in [0, 0.1) is 0 Å². The summed E-state index contributed by atoms with van der Waals surface area (Å²) in [5, 5.41) is 6.22. The van der Waals surface area contributed by atoms with Crippen molar-refractivity contribution < 1.29 is 0 Å². The molecule has 1 heterocycles. The van der Waals surface area contributed by atoms with Gasteiger partial charge in [0.15, 0.2) is 0 Å². The number of hydrogen-bond acceptors (Lipinski definition) is 2. The molecule has 164 valence electrons. The van der Waals surface area contributed by atoms with Gasteiger partial charge in [-0.15, -0.1) is 11.3 Å². The Morgan fingerprint density at radius 1 is 0.429 bits per heavy atom. The van der Waals surface area contributed by atoms with Crippen LogP contribution in [0.2, 0.25) is 0 Å². The van der Waals surface area contributed by atoms with Crippen LogP contribution in [0.25, 0.3) is 64.6 Å². The molecule has 0 aliphatic carbocycles. The second-order valence-corrected chi connectivity index (χ2v) is 9.90. The number of hydrogen-bond donors (Lipinski definition) is 0. The van der Waals surface area contributed by atoms with Gasteiger partial charge in [0.1, 0.15) is 5.01 Å². The van der Waals surface area contributed by atoms with Crippen molar-refractivity contribution >= 4 is 43.1 Å². The molecule has 0 fully saturated rings. The average molecular weight is 464 g/mol. The summed E-state index contributed by atoms with van der Waals surface area (Å²) >= 11 is 1.74. The zero-order chi connectivity index (χ0) is 23.2. The van der Waals surface area contributed by atoms with Crippen molar-refractivity contribution in [1.82, 2.24) is 4.98 Å². The van der Waals surface area contributed by atoms with Gasteiger partial charge in [-0.05, 0) is 62.0 Å². The molecule has 0 N–H and O–H groups in total. The highest BCUT2D eigenvalue weighted by atomic mass is 32.1. The van der Waals surface area contributed by atoms with Gasteiger partial charge in [0.05, 0.1) is 10.2 Å². The van der Waals surface area contributed by atoms with Gasteiger partial charge < -0.3 is 0 Å². The Balaban J connectivity index is 1.24. The van der Waals surface area contributed by atoms with Gasteiger partial charge in [0.2, 0.25) is 0 Å². The number of aromatic nitrogens is 1. The summed E-state index contributed by atoms with van der Waals surface area (Å²) in [6.07, 6.45) is 0. The van der Waals surface area contributed by atoms with Crippen molar-refractivity contribution in [3.8, 4) is 32.8 Å². The summed E-state index contributed by atoms with van der Waals surface area (Å²) in [6.45, 7) is 0. The molecule has 1 nitrogen and oxygen atoms in total. The zero-order valence-electron chi connectivity index (χ0n) is 19.0. The van der Waals surface area contributed by atoms with Gasteiger partial charge in [-0.1, -0.05) is 109 Å². The molecule has 0 aliphatic heterocycles. The third kappa shape index (κ3) is 3.60. The lowest BCUT2D eigenvalue weighted by atomic mass is 9.96. The maximum Gasteiger partial charge on any atom is 0.124 e. The van der Waals surface area contributed by atoms with Crippen molar-refractivity contribution in [3.05, 3.63) is 127 Å². The summed E-state index contributed by atoms with van der Waals surface area (Å²) in [4.78, 5) is 4.91. The highest BCUT2D eigenvalue weighted by molar-refractivity contribution is 7.21. The molecular formula is C33H21NS. The molecule has 0 spiro atoms. The van der Waals surface area contributed by atoms with Crippen molar-refractivity contribution in [2.75, 3.05) is 0 Å². The highest BCUT2D eigenvalue weighted by Gasteiger charge is 2.09. The van der Waals surface area contributed by atoms with Gasteiger partial charge in [0.25, 0.3) is 0 Å². The van der Waals surface area contributed by atoms with E-state index in [1.165, 1.54) is 54.1 Å². The smallest absolute Gasteiger partial charge is 0.124 e. The normalized spacial score (nSPS) is 11.4. The molecule has 6 aromatic carbocycles. The van der Waals surface area contributed by atoms with Crippen LogP contribution in [-0.2, 0) is 0 Å². The van der Waals surface area contributed by atoms with E-state index < -0.39 is 0 Å². The van der Waals surface area contributed by atoms with Crippen LogP contribution >= 0.6 is 11.3 Å². The molecule has 0 unspecified atom stereocenters. The van der Waals surface area contributed by atoms with Gasteiger partial charge in [-0.3, -0.25) is 0 Å². The largest absolute Gasteiger partial charge is 0.236 e. The monoisotopic (exact) mass is 463 g/mol. The van der Waals surface area contributed by atoms with Crippen molar-refractivity contribution in [2.24, 2.45) is 0 Å². The van der Waals surface area contributed by atoms with E-state index in [0.29, 0.717) is 0 Å². The van der Waals surface area contributed by atoms with Crippen LogP contribution in [0.3, 0.4) is 0 Å². The molecule has 7 aromatic rings. The Morgan fingerprint density at radius 2 is 1.03 bits per heavy atom. The SMILES string of the molecule is c1ccc(-c2nc3cc(-c4ccc(-c5ccc6ccc7ccccc7c6c5)cc4)ccc3s2)cc1. The van der Waals surface area contributed by atoms with Crippen LogP contribution in [0.15, 0.2) is 127 Å². The number of thiazole rings is 1. The first-order chi connectivity index (χ1) is 17.3. The lowest BCUT2D eigenvalue weighted by Gasteiger charge is -2.09. The first kappa shape index (κ1) is 20.1. The molecule has 0 atom stereocenters. The predicted molar refractivity (Wildman–Crippen MR) is 151 cm³/mol. The molecular weight excluding hydrogens is 442 g/mol. The van der Waals surface area contributed by atoms with Crippen LogP contribution in [0.5, 0.6) is 0 Å².